The molecule has 1 aromatic rings. The highest BCUT2D eigenvalue weighted by Crippen LogP contribution is 2.14. The van der Waals surface area contributed by atoms with Crippen molar-refractivity contribution in [3.63, 3.8) is 0 Å². The van der Waals surface area contributed by atoms with E-state index in [1.807, 2.05) is 11.8 Å². The molecule has 1 unspecified atom stereocenters. The Kier molecular flexibility index (Phi) is 10.9. The quantitative estimate of drug-likeness (QED) is 0.331. The summed E-state index contributed by atoms with van der Waals surface area (Å²) in [5.41, 5.74) is 0. The van der Waals surface area contributed by atoms with Crippen LogP contribution in [0.5, 0.6) is 0 Å². The number of aliphatic hydroxyl groups excluding tert-OH is 1. The third-order valence-electron chi connectivity index (χ3n) is 5.61. The van der Waals surface area contributed by atoms with Gasteiger partial charge in [0.05, 0.1) is 19.4 Å². The number of hydrogen-bond acceptors (Lipinski definition) is 5. The topological polar surface area (TPSA) is 84.5 Å². The zero-order valence-electron chi connectivity index (χ0n) is 18.0. The first-order chi connectivity index (χ1) is 14.2. The molecule has 2 N–H and O–H groups in total. The Balaban J connectivity index is 0.00000320. The van der Waals surface area contributed by atoms with Gasteiger partial charge in [-0.15, -0.1) is 24.0 Å². The average Bonchev–Trinajstić information content (AvgIpc) is 3.14. The molecule has 8 nitrogen and oxygen atoms in total. The number of guanidine groups is 1. The molecule has 3 rings (SSSR count). The largest absolute Gasteiger partial charge is 0.467 e. The predicted octanol–water partition coefficient (Wildman–Crippen LogP) is 1.92. The molecule has 2 aliphatic heterocycles. The Bertz CT molecular complexity index is 639. The number of furan rings is 1. The van der Waals surface area contributed by atoms with Gasteiger partial charge in [0.25, 0.3) is 0 Å². The van der Waals surface area contributed by atoms with Crippen molar-refractivity contribution in [2.75, 3.05) is 58.9 Å². The minimum absolute atomic E-state index is 0. The number of halogens is 1. The summed E-state index contributed by atoms with van der Waals surface area (Å²) in [6, 6.07) is 3.52. The number of aliphatic imine (C=N–C) groups is 1. The molecular weight excluding hydrogens is 497 g/mol. The number of rotatable bonds is 6. The lowest BCUT2D eigenvalue weighted by Crippen LogP contribution is -2.54. The van der Waals surface area contributed by atoms with Crippen molar-refractivity contribution in [1.82, 2.24) is 20.0 Å². The van der Waals surface area contributed by atoms with Gasteiger partial charge in [-0.1, -0.05) is 12.8 Å². The summed E-state index contributed by atoms with van der Waals surface area (Å²) in [5, 5.41) is 13.5. The first-order valence-electron chi connectivity index (χ1n) is 10.9. The molecule has 1 atom stereocenters. The Hall–Kier alpha value is -1.33. The van der Waals surface area contributed by atoms with E-state index in [9.17, 15) is 9.90 Å². The standard InChI is InChI=1S/C21H35N5O3.HI/c1-2-22-21(23-16-18(27)19-8-7-15-29-19)26-13-11-24(12-14-26)17-20(28)25-9-5-3-4-6-10-25;/h7-8,15,18,27H,2-6,9-14,16-17H2,1H3,(H,22,23);1H. The maximum atomic E-state index is 12.6. The second kappa shape index (κ2) is 13.2. The highest BCUT2D eigenvalue weighted by molar-refractivity contribution is 14.0. The molecule has 0 saturated carbocycles. The highest BCUT2D eigenvalue weighted by Gasteiger charge is 2.24. The van der Waals surface area contributed by atoms with E-state index in [4.69, 9.17) is 4.42 Å². The Morgan fingerprint density at radius 3 is 2.43 bits per heavy atom. The van der Waals surface area contributed by atoms with Crippen LogP contribution in [0.4, 0.5) is 0 Å². The molecule has 1 amide bonds. The van der Waals surface area contributed by atoms with Crippen LogP contribution in [0.1, 0.15) is 44.5 Å². The molecule has 170 valence electrons. The van der Waals surface area contributed by atoms with Crippen LogP contribution >= 0.6 is 24.0 Å². The molecule has 0 aromatic carbocycles. The van der Waals surface area contributed by atoms with Crippen molar-refractivity contribution in [3.05, 3.63) is 24.2 Å². The monoisotopic (exact) mass is 533 g/mol. The molecule has 30 heavy (non-hydrogen) atoms. The molecule has 2 aliphatic rings. The molecule has 0 aliphatic carbocycles. The van der Waals surface area contributed by atoms with E-state index in [2.05, 4.69) is 20.1 Å². The van der Waals surface area contributed by atoms with Crippen molar-refractivity contribution >= 4 is 35.8 Å². The van der Waals surface area contributed by atoms with Crippen molar-refractivity contribution < 1.29 is 14.3 Å². The molecular formula is C21H36IN5O3. The van der Waals surface area contributed by atoms with Crippen molar-refractivity contribution in [2.24, 2.45) is 4.99 Å². The number of nitrogens with one attached hydrogen (secondary N) is 1. The first-order valence-corrected chi connectivity index (χ1v) is 10.9. The number of carbonyl (C=O) groups excluding carboxylic acids is 1. The normalized spacial score (nSPS) is 19.7. The SMILES string of the molecule is CCNC(=NCC(O)c1ccco1)N1CCN(CC(=O)N2CCCCCC2)CC1.I. The Labute approximate surface area is 196 Å². The van der Waals surface area contributed by atoms with Gasteiger partial charge in [-0.3, -0.25) is 9.69 Å². The maximum absolute atomic E-state index is 12.6. The minimum atomic E-state index is -0.744. The summed E-state index contributed by atoms with van der Waals surface area (Å²) in [6.07, 6.45) is 5.55. The van der Waals surface area contributed by atoms with Gasteiger partial charge in [-0.05, 0) is 31.9 Å². The lowest BCUT2D eigenvalue weighted by atomic mass is 10.2. The van der Waals surface area contributed by atoms with Gasteiger partial charge in [0.15, 0.2) is 5.96 Å². The summed E-state index contributed by atoms with van der Waals surface area (Å²) in [4.78, 5) is 23.7. The van der Waals surface area contributed by atoms with Crippen molar-refractivity contribution in [2.45, 2.75) is 38.7 Å². The van der Waals surface area contributed by atoms with Gasteiger partial charge < -0.3 is 24.6 Å². The summed E-state index contributed by atoms with van der Waals surface area (Å²) in [5.74, 6) is 1.60. The maximum Gasteiger partial charge on any atom is 0.236 e. The third-order valence-corrected chi connectivity index (χ3v) is 5.61. The van der Waals surface area contributed by atoms with Crippen LogP contribution in [-0.4, -0.2) is 90.6 Å². The van der Waals surface area contributed by atoms with Crippen LogP contribution in [0, 0.1) is 0 Å². The Morgan fingerprint density at radius 2 is 1.83 bits per heavy atom. The van der Waals surface area contributed by atoms with E-state index < -0.39 is 6.10 Å². The van der Waals surface area contributed by atoms with Crippen LogP contribution in [0.2, 0.25) is 0 Å². The summed E-state index contributed by atoms with van der Waals surface area (Å²) < 4.78 is 5.25. The minimum Gasteiger partial charge on any atom is -0.467 e. The third kappa shape index (κ3) is 7.42. The molecule has 2 saturated heterocycles. The smallest absolute Gasteiger partial charge is 0.236 e. The molecule has 3 heterocycles. The average molecular weight is 533 g/mol. The van der Waals surface area contributed by atoms with E-state index >= 15 is 0 Å². The van der Waals surface area contributed by atoms with Crippen LogP contribution in [0.3, 0.4) is 0 Å². The zero-order valence-corrected chi connectivity index (χ0v) is 20.3. The fraction of sp³-hybridized carbons (Fsp3) is 0.714. The van der Waals surface area contributed by atoms with Crippen LogP contribution in [-0.2, 0) is 4.79 Å². The lowest BCUT2D eigenvalue weighted by molar-refractivity contribution is -0.132. The fourth-order valence-corrected chi connectivity index (χ4v) is 3.90. The number of piperazine rings is 1. The first kappa shape index (κ1) is 24.9. The van der Waals surface area contributed by atoms with Gasteiger partial charge >= 0.3 is 0 Å². The van der Waals surface area contributed by atoms with Crippen LogP contribution in [0.15, 0.2) is 27.8 Å². The predicted molar refractivity (Wildman–Crippen MR) is 128 cm³/mol. The number of hydrogen-bond donors (Lipinski definition) is 2. The van der Waals surface area contributed by atoms with E-state index in [0.717, 1.165) is 64.6 Å². The van der Waals surface area contributed by atoms with Crippen molar-refractivity contribution in [3.8, 4) is 0 Å². The molecule has 1 aromatic heterocycles. The number of amides is 1. The molecule has 0 radical (unpaired) electrons. The number of aliphatic hydroxyl groups is 1. The van der Waals surface area contributed by atoms with Gasteiger partial charge in [-0.2, -0.15) is 0 Å². The fourth-order valence-electron chi connectivity index (χ4n) is 3.90. The van der Waals surface area contributed by atoms with Gasteiger partial charge in [0.2, 0.25) is 5.91 Å². The molecule has 0 bridgehead atoms. The Morgan fingerprint density at radius 1 is 1.13 bits per heavy atom. The van der Waals surface area contributed by atoms with E-state index in [1.165, 1.54) is 12.8 Å². The van der Waals surface area contributed by atoms with Gasteiger partial charge in [0, 0.05) is 45.8 Å². The van der Waals surface area contributed by atoms with Crippen LogP contribution in [0.25, 0.3) is 0 Å². The van der Waals surface area contributed by atoms with Crippen LogP contribution < -0.4 is 5.32 Å². The van der Waals surface area contributed by atoms with E-state index in [0.29, 0.717) is 12.3 Å². The molecule has 9 heteroatoms. The highest BCUT2D eigenvalue weighted by atomic mass is 127. The number of nitrogens with zero attached hydrogens (tertiary/aromatic N) is 4. The molecule has 2 fully saturated rings. The van der Waals surface area contributed by atoms with E-state index in [1.54, 1.807) is 18.4 Å². The zero-order chi connectivity index (χ0) is 20.5. The summed E-state index contributed by atoms with van der Waals surface area (Å²) in [6.45, 7) is 8.70. The summed E-state index contributed by atoms with van der Waals surface area (Å²) >= 11 is 0. The van der Waals surface area contributed by atoms with Gasteiger partial charge in [-0.25, -0.2) is 4.99 Å². The second-order valence-electron chi connectivity index (χ2n) is 7.78. The summed E-state index contributed by atoms with van der Waals surface area (Å²) in [7, 11) is 0. The molecule has 0 spiro atoms. The second-order valence-corrected chi connectivity index (χ2v) is 7.78. The van der Waals surface area contributed by atoms with E-state index in [-0.39, 0.29) is 36.4 Å². The lowest BCUT2D eigenvalue weighted by Gasteiger charge is -2.37. The van der Waals surface area contributed by atoms with Gasteiger partial charge in [0.1, 0.15) is 11.9 Å². The van der Waals surface area contributed by atoms with Crippen molar-refractivity contribution in [1.29, 1.82) is 0 Å². The number of likely N-dealkylation sites (tertiary alicyclic amines) is 1. The number of carbonyl (C=O) groups is 1.